The summed E-state index contributed by atoms with van der Waals surface area (Å²) in [5.74, 6) is 0.0633. The van der Waals surface area contributed by atoms with Crippen LogP contribution in [0.5, 0.6) is 0 Å². The van der Waals surface area contributed by atoms with Gasteiger partial charge in [-0.15, -0.1) is 0 Å². The number of nitrogens with one attached hydrogen (secondary N) is 1. The van der Waals surface area contributed by atoms with Crippen LogP contribution in [0.3, 0.4) is 0 Å². The van der Waals surface area contributed by atoms with Crippen LogP contribution in [0.15, 0.2) is 24.3 Å². The fourth-order valence-corrected chi connectivity index (χ4v) is 2.34. The molecule has 0 aromatic heterocycles. The van der Waals surface area contributed by atoms with Gasteiger partial charge in [-0.2, -0.15) is 0 Å². The Morgan fingerprint density at radius 1 is 1.45 bits per heavy atom. The van der Waals surface area contributed by atoms with E-state index < -0.39 is 6.10 Å². The second-order valence-corrected chi connectivity index (χ2v) is 5.63. The summed E-state index contributed by atoms with van der Waals surface area (Å²) in [5.41, 5.74) is 2.37. The second-order valence-electron chi connectivity index (χ2n) is 5.63. The van der Waals surface area contributed by atoms with Crippen molar-refractivity contribution in [2.24, 2.45) is 5.92 Å². The van der Waals surface area contributed by atoms with E-state index in [1.54, 1.807) is 0 Å². The number of ether oxygens (including phenoxy) is 1. The van der Waals surface area contributed by atoms with Gasteiger partial charge in [0.1, 0.15) is 0 Å². The first-order valence-electron chi connectivity index (χ1n) is 7.22. The molecule has 110 valence electrons. The van der Waals surface area contributed by atoms with Gasteiger partial charge >= 0.3 is 0 Å². The highest BCUT2D eigenvalue weighted by Gasteiger charge is 2.23. The predicted molar refractivity (Wildman–Crippen MR) is 77.3 cm³/mol. The molecule has 0 aliphatic carbocycles. The Morgan fingerprint density at radius 2 is 2.20 bits per heavy atom. The number of hydrogen-bond donors (Lipinski definition) is 2. The fraction of sp³-hybridized carbons (Fsp3) is 0.562. The molecule has 0 bridgehead atoms. The third-order valence-corrected chi connectivity index (χ3v) is 3.74. The van der Waals surface area contributed by atoms with Crippen LogP contribution < -0.4 is 5.32 Å². The first kappa shape index (κ1) is 15.0. The molecule has 1 heterocycles. The molecule has 4 heteroatoms. The zero-order valence-electron chi connectivity index (χ0n) is 12.1. The zero-order chi connectivity index (χ0) is 14.5. The van der Waals surface area contributed by atoms with Crippen molar-refractivity contribution in [2.75, 3.05) is 13.2 Å². The van der Waals surface area contributed by atoms with Crippen molar-refractivity contribution in [2.45, 2.75) is 38.9 Å². The first-order chi connectivity index (χ1) is 9.58. The summed E-state index contributed by atoms with van der Waals surface area (Å²) >= 11 is 0. The number of rotatable bonds is 5. The number of benzene rings is 1. The van der Waals surface area contributed by atoms with E-state index in [2.05, 4.69) is 11.4 Å². The first-order valence-corrected chi connectivity index (χ1v) is 7.22. The number of carbonyl (C=O) groups is 1. The maximum atomic E-state index is 11.9. The van der Waals surface area contributed by atoms with Crippen molar-refractivity contribution in [1.82, 2.24) is 5.32 Å². The van der Waals surface area contributed by atoms with E-state index in [-0.39, 0.29) is 17.9 Å². The molecule has 1 aromatic rings. The van der Waals surface area contributed by atoms with E-state index in [1.165, 1.54) is 5.56 Å². The minimum absolute atomic E-state index is 0.0774. The Hall–Kier alpha value is -1.39. The molecule has 1 aromatic carbocycles. The number of aliphatic hydroxyl groups is 1. The van der Waals surface area contributed by atoms with Crippen LogP contribution >= 0.6 is 0 Å². The highest BCUT2D eigenvalue weighted by atomic mass is 16.5. The maximum absolute atomic E-state index is 11.9. The lowest BCUT2D eigenvalue weighted by Gasteiger charge is -2.26. The smallest absolute Gasteiger partial charge is 0.223 e. The van der Waals surface area contributed by atoms with Crippen molar-refractivity contribution in [3.8, 4) is 0 Å². The third kappa shape index (κ3) is 3.81. The van der Waals surface area contributed by atoms with Crippen LogP contribution in [-0.4, -0.2) is 30.3 Å². The van der Waals surface area contributed by atoms with Crippen molar-refractivity contribution < 1.29 is 14.6 Å². The minimum atomic E-state index is -0.501. The standard InChI is InChI=1S/C16H23NO3/c1-11(2)14(18)10-17-16(19)9-15-13-6-4-3-5-12(13)7-8-20-15/h3-6,11,14-15,18H,7-10H2,1-2H3,(H,17,19). The van der Waals surface area contributed by atoms with Crippen molar-refractivity contribution in [3.05, 3.63) is 35.4 Å². The molecule has 1 aliphatic rings. The monoisotopic (exact) mass is 277 g/mol. The Kier molecular flexibility index (Phi) is 5.15. The lowest BCUT2D eigenvalue weighted by atomic mass is 9.95. The SMILES string of the molecule is CC(C)C(O)CNC(=O)CC1OCCc2ccccc21. The van der Waals surface area contributed by atoms with Gasteiger partial charge in [-0.3, -0.25) is 4.79 Å². The predicted octanol–water partition coefficient (Wildman–Crippen LogP) is 1.82. The van der Waals surface area contributed by atoms with Gasteiger partial charge in [-0.25, -0.2) is 0 Å². The normalized spacial score (nSPS) is 19.5. The topological polar surface area (TPSA) is 58.6 Å². The summed E-state index contributed by atoms with van der Waals surface area (Å²) in [5, 5.41) is 12.5. The third-order valence-electron chi connectivity index (χ3n) is 3.74. The molecule has 0 spiro atoms. The summed E-state index contributed by atoms with van der Waals surface area (Å²) in [6.45, 7) is 4.81. The number of amides is 1. The molecule has 20 heavy (non-hydrogen) atoms. The summed E-state index contributed by atoms with van der Waals surface area (Å²) in [6, 6.07) is 8.10. The van der Waals surface area contributed by atoms with Gasteiger partial charge in [0, 0.05) is 6.54 Å². The number of fused-ring (bicyclic) bond motifs is 1. The maximum Gasteiger partial charge on any atom is 0.223 e. The molecule has 2 rings (SSSR count). The molecule has 0 saturated heterocycles. The molecular weight excluding hydrogens is 254 g/mol. The van der Waals surface area contributed by atoms with E-state index in [0.717, 1.165) is 12.0 Å². The van der Waals surface area contributed by atoms with Gasteiger partial charge in [-0.1, -0.05) is 38.1 Å². The lowest BCUT2D eigenvalue weighted by Crippen LogP contribution is -2.35. The van der Waals surface area contributed by atoms with Gasteiger partial charge in [-0.05, 0) is 23.5 Å². The quantitative estimate of drug-likeness (QED) is 0.863. The minimum Gasteiger partial charge on any atom is -0.391 e. The van der Waals surface area contributed by atoms with Crippen molar-refractivity contribution >= 4 is 5.91 Å². The largest absolute Gasteiger partial charge is 0.391 e. The molecule has 2 unspecified atom stereocenters. The Labute approximate surface area is 120 Å². The molecule has 0 saturated carbocycles. The molecule has 0 radical (unpaired) electrons. The summed E-state index contributed by atoms with van der Waals surface area (Å²) < 4.78 is 5.71. The van der Waals surface area contributed by atoms with Crippen LogP contribution in [0, 0.1) is 5.92 Å². The lowest BCUT2D eigenvalue weighted by molar-refractivity contribution is -0.125. The molecule has 4 nitrogen and oxygen atoms in total. The Bertz CT molecular complexity index is 459. The molecule has 1 aliphatic heterocycles. The second kappa shape index (κ2) is 6.86. The van der Waals surface area contributed by atoms with Gasteiger partial charge in [0.2, 0.25) is 5.91 Å². The van der Waals surface area contributed by atoms with E-state index in [0.29, 0.717) is 19.6 Å². The zero-order valence-corrected chi connectivity index (χ0v) is 12.1. The van der Waals surface area contributed by atoms with Crippen molar-refractivity contribution in [3.63, 3.8) is 0 Å². The van der Waals surface area contributed by atoms with Crippen LogP contribution in [0.2, 0.25) is 0 Å². The molecule has 1 amide bonds. The molecule has 2 atom stereocenters. The van der Waals surface area contributed by atoms with E-state index in [9.17, 15) is 9.90 Å². The van der Waals surface area contributed by atoms with Crippen LogP contribution in [-0.2, 0) is 16.0 Å². The molecule has 0 fully saturated rings. The Balaban J connectivity index is 1.89. The Morgan fingerprint density at radius 3 is 2.95 bits per heavy atom. The summed E-state index contributed by atoms with van der Waals surface area (Å²) in [7, 11) is 0. The highest BCUT2D eigenvalue weighted by molar-refractivity contribution is 5.76. The van der Waals surface area contributed by atoms with Crippen molar-refractivity contribution in [1.29, 1.82) is 0 Å². The molecule has 2 N–H and O–H groups in total. The van der Waals surface area contributed by atoms with E-state index in [1.807, 2.05) is 32.0 Å². The number of carbonyl (C=O) groups excluding carboxylic acids is 1. The van der Waals surface area contributed by atoms with Gasteiger partial charge in [0.05, 0.1) is 25.2 Å². The van der Waals surface area contributed by atoms with Crippen LogP contribution in [0.1, 0.15) is 37.5 Å². The van der Waals surface area contributed by atoms with E-state index in [4.69, 9.17) is 4.74 Å². The van der Waals surface area contributed by atoms with E-state index >= 15 is 0 Å². The van der Waals surface area contributed by atoms with Gasteiger partial charge in [0.25, 0.3) is 0 Å². The summed E-state index contributed by atoms with van der Waals surface area (Å²) in [4.78, 5) is 11.9. The highest BCUT2D eigenvalue weighted by Crippen LogP contribution is 2.29. The fourth-order valence-electron chi connectivity index (χ4n) is 2.34. The summed E-state index contributed by atoms with van der Waals surface area (Å²) in [6.07, 6.45) is 0.539. The number of aliphatic hydroxyl groups excluding tert-OH is 1. The van der Waals surface area contributed by atoms with Gasteiger partial charge in [0.15, 0.2) is 0 Å². The van der Waals surface area contributed by atoms with Crippen LogP contribution in [0.4, 0.5) is 0 Å². The molecular formula is C16H23NO3. The van der Waals surface area contributed by atoms with Gasteiger partial charge < -0.3 is 15.2 Å². The average Bonchev–Trinajstić information content (AvgIpc) is 2.45. The average molecular weight is 277 g/mol. The number of hydrogen-bond acceptors (Lipinski definition) is 3. The van der Waals surface area contributed by atoms with Crippen LogP contribution in [0.25, 0.3) is 0 Å².